The normalized spacial score (nSPS) is 26.8. The van der Waals surface area contributed by atoms with Crippen molar-refractivity contribution in [1.82, 2.24) is 4.72 Å². The summed E-state index contributed by atoms with van der Waals surface area (Å²) in [4.78, 5) is 0.110. The van der Waals surface area contributed by atoms with Crippen molar-refractivity contribution >= 4 is 49.2 Å². The summed E-state index contributed by atoms with van der Waals surface area (Å²) in [6, 6.07) is 4.36. The van der Waals surface area contributed by atoms with E-state index >= 15 is 0 Å². The van der Waals surface area contributed by atoms with Gasteiger partial charge < -0.3 is 0 Å². The van der Waals surface area contributed by atoms with Gasteiger partial charge in [0, 0.05) is 20.9 Å². The van der Waals surface area contributed by atoms with Crippen LogP contribution in [0.15, 0.2) is 23.1 Å². The minimum atomic E-state index is -3.65. The summed E-state index contributed by atoms with van der Waals surface area (Å²) in [7, 11) is -3.65. The molecule has 0 amide bonds. The van der Waals surface area contributed by atoms with Crippen molar-refractivity contribution in [1.29, 1.82) is 0 Å². The van der Waals surface area contributed by atoms with Crippen molar-refractivity contribution in [3.63, 3.8) is 0 Å². The number of alkyl halides is 1. The Morgan fingerprint density at radius 1 is 1.33 bits per heavy atom. The Bertz CT molecular complexity index is 603. The van der Waals surface area contributed by atoms with E-state index in [-0.39, 0.29) is 4.90 Å². The molecule has 0 radical (unpaired) electrons. The molecule has 1 aliphatic rings. The van der Waals surface area contributed by atoms with Gasteiger partial charge in [0.25, 0.3) is 0 Å². The van der Waals surface area contributed by atoms with Crippen molar-refractivity contribution < 1.29 is 8.42 Å². The van der Waals surface area contributed by atoms with Crippen LogP contribution in [0.25, 0.3) is 0 Å². The van der Waals surface area contributed by atoms with Crippen LogP contribution in [0.5, 0.6) is 0 Å². The van der Waals surface area contributed by atoms with Crippen LogP contribution < -0.4 is 4.72 Å². The van der Waals surface area contributed by atoms with Gasteiger partial charge in [0.15, 0.2) is 0 Å². The van der Waals surface area contributed by atoms with Crippen molar-refractivity contribution in [3.05, 3.63) is 28.2 Å². The second-order valence-electron chi connectivity index (χ2n) is 5.83. The van der Waals surface area contributed by atoms with Crippen LogP contribution in [0.3, 0.4) is 0 Å². The third kappa shape index (κ3) is 4.35. The highest BCUT2D eigenvalue weighted by atomic mass is 79.9. The van der Waals surface area contributed by atoms with E-state index in [0.29, 0.717) is 21.3 Å². The summed E-state index contributed by atoms with van der Waals surface area (Å²) in [5.41, 5.74) is -0.439. The molecule has 0 spiro atoms. The molecule has 1 saturated carbocycles. The molecule has 1 aromatic rings. The Labute approximate surface area is 144 Å². The predicted molar refractivity (Wildman–Crippen MR) is 90.9 cm³/mol. The Morgan fingerprint density at radius 3 is 2.48 bits per heavy atom. The highest BCUT2D eigenvalue weighted by Crippen LogP contribution is 2.35. The summed E-state index contributed by atoms with van der Waals surface area (Å²) < 4.78 is 28.1. The third-order valence-electron chi connectivity index (χ3n) is 3.84. The van der Waals surface area contributed by atoms with Crippen LogP contribution in [0.4, 0.5) is 0 Å². The number of hydrogen-bond acceptors (Lipinski definition) is 2. The van der Waals surface area contributed by atoms with Crippen LogP contribution >= 0.6 is 39.1 Å². The molecule has 3 nitrogen and oxygen atoms in total. The second kappa shape index (κ2) is 6.75. The summed E-state index contributed by atoms with van der Waals surface area (Å²) in [5.74, 6) is 0.502. The molecule has 7 heteroatoms. The van der Waals surface area contributed by atoms with E-state index in [0.717, 1.165) is 25.7 Å². The summed E-state index contributed by atoms with van der Waals surface area (Å²) >= 11 is 15.3. The number of rotatable bonds is 4. The van der Waals surface area contributed by atoms with Gasteiger partial charge in [-0.1, -0.05) is 58.9 Å². The van der Waals surface area contributed by atoms with Gasteiger partial charge in [0.2, 0.25) is 10.0 Å². The van der Waals surface area contributed by atoms with E-state index < -0.39 is 15.6 Å². The standard InChI is InChI=1S/C14H18BrCl2NO2S/c1-10-3-2-4-14(8-10,9-15)18-21(19,20)13-6-11(16)5-12(17)7-13/h5-7,10,18H,2-4,8-9H2,1H3. The molecule has 0 saturated heterocycles. The molecule has 2 unspecified atom stereocenters. The van der Waals surface area contributed by atoms with Crippen LogP contribution in [0.2, 0.25) is 10.0 Å². The van der Waals surface area contributed by atoms with Gasteiger partial charge in [-0.3, -0.25) is 0 Å². The van der Waals surface area contributed by atoms with E-state index in [1.807, 2.05) is 0 Å². The Morgan fingerprint density at radius 2 is 1.95 bits per heavy atom. The van der Waals surface area contributed by atoms with Gasteiger partial charge in [-0.05, 0) is 37.0 Å². The highest BCUT2D eigenvalue weighted by Gasteiger charge is 2.38. The monoisotopic (exact) mass is 413 g/mol. The molecule has 0 aliphatic heterocycles. The average molecular weight is 415 g/mol. The largest absolute Gasteiger partial charge is 0.241 e. The first kappa shape index (κ1) is 17.5. The summed E-state index contributed by atoms with van der Waals surface area (Å²) in [5, 5.41) is 1.22. The molecule has 0 aromatic heterocycles. The maximum Gasteiger partial charge on any atom is 0.241 e. The van der Waals surface area contributed by atoms with Gasteiger partial charge in [-0.25, -0.2) is 13.1 Å². The van der Waals surface area contributed by atoms with Gasteiger partial charge in [-0.2, -0.15) is 0 Å². The fourth-order valence-corrected chi connectivity index (χ4v) is 5.93. The lowest BCUT2D eigenvalue weighted by atomic mass is 9.78. The third-order valence-corrected chi connectivity index (χ3v) is 6.91. The molecular weight excluding hydrogens is 397 g/mol. The molecule has 1 aromatic carbocycles. The number of hydrogen-bond donors (Lipinski definition) is 1. The topological polar surface area (TPSA) is 46.2 Å². The molecule has 0 heterocycles. The molecule has 1 fully saturated rings. The predicted octanol–water partition coefficient (Wildman–Crippen LogP) is 4.62. The maximum atomic E-state index is 12.6. The average Bonchev–Trinajstić information content (AvgIpc) is 2.37. The fourth-order valence-electron chi connectivity index (χ4n) is 2.93. The lowest BCUT2D eigenvalue weighted by Gasteiger charge is -2.39. The van der Waals surface area contributed by atoms with Crippen molar-refractivity contribution in [2.45, 2.75) is 43.0 Å². The Balaban J connectivity index is 2.31. The van der Waals surface area contributed by atoms with Gasteiger partial charge in [0.05, 0.1) is 4.90 Å². The van der Waals surface area contributed by atoms with E-state index in [1.54, 1.807) is 0 Å². The van der Waals surface area contributed by atoms with Crippen molar-refractivity contribution in [3.8, 4) is 0 Å². The van der Waals surface area contributed by atoms with Crippen LogP contribution in [-0.2, 0) is 10.0 Å². The number of halogens is 3. The zero-order valence-electron chi connectivity index (χ0n) is 11.7. The van der Waals surface area contributed by atoms with Gasteiger partial charge in [-0.15, -0.1) is 0 Å². The first-order chi connectivity index (χ1) is 9.76. The molecule has 1 aliphatic carbocycles. The van der Waals surface area contributed by atoms with E-state index in [1.165, 1.54) is 18.2 Å². The highest BCUT2D eigenvalue weighted by molar-refractivity contribution is 9.09. The van der Waals surface area contributed by atoms with Crippen LogP contribution in [0.1, 0.15) is 32.6 Å². The molecule has 1 N–H and O–H groups in total. The molecule has 2 atom stereocenters. The minimum Gasteiger partial charge on any atom is -0.207 e. The number of sulfonamides is 1. The Kier molecular flexibility index (Phi) is 5.64. The van der Waals surface area contributed by atoms with E-state index in [4.69, 9.17) is 23.2 Å². The summed E-state index contributed by atoms with van der Waals surface area (Å²) in [6.45, 7) is 2.15. The fraction of sp³-hybridized carbons (Fsp3) is 0.571. The van der Waals surface area contributed by atoms with Crippen molar-refractivity contribution in [2.75, 3.05) is 5.33 Å². The molecule has 118 valence electrons. The maximum absolute atomic E-state index is 12.6. The first-order valence-electron chi connectivity index (χ1n) is 6.82. The molecule has 2 rings (SSSR count). The van der Waals surface area contributed by atoms with Gasteiger partial charge >= 0.3 is 0 Å². The lowest BCUT2D eigenvalue weighted by molar-refractivity contribution is 0.241. The second-order valence-corrected chi connectivity index (χ2v) is 8.94. The van der Waals surface area contributed by atoms with Crippen LogP contribution in [0, 0.1) is 5.92 Å². The molecular formula is C14H18BrCl2NO2S. The Hall–Kier alpha value is 0.190. The SMILES string of the molecule is CC1CCCC(CBr)(NS(=O)(=O)c2cc(Cl)cc(Cl)c2)C1. The zero-order chi connectivity index (χ0) is 15.7. The molecule has 21 heavy (non-hydrogen) atoms. The van der Waals surface area contributed by atoms with E-state index in [9.17, 15) is 8.42 Å². The van der Waals surface area contributed by atoms with Crippen LogP contribution in [-0.4, -0.2) is 19.3 Å². The quantitative estimate of drug-likeness (QED) is 0.730. The van der Waals surface area contributed by atoms with E-state index in [2.05, 4.69) is 27.6 Å². The summed E-state index contributed by atoms with van der Waals surface area (Å²) in [6.07, 6.45) is 3.81. The zero-order valence-corrected chi connectivity index (χ0v) is 15.6. The number of benzene rings is 1. The number of nitrogens with one attached hydrogen (secondary N) is 1. The smallest absolute Gasteiger partial charge is 0.207 e. The molecule has 0 bridgehead atoms. The van der Waals surface area contributed by atoms with Gasteiger partial charge in [0.1, 0.15) is 0 Å². The van der Waals surface area contributed by atoms with Crippen molar-refractivity contribution in [2.24, 2.45) is 5.92 Å². The lowest BCUT2D eigenvalue weighted by Crippen LogP contribution is -2.52. The first-order valence-corrected chi connectivity index (χ1v) is 10.2. The minimum absolute atomic E-state index is 0.110.